The number of aliphatic hydroxyl groups is 1. The number of piperazine rings is 1. The fourth-order valence-electron chi connectivity index (χ4n) is 6.12. The van der Waals surface area contributed by atoms with Crippen LogP contribution in [0.1, 0.15) is 89.5 Å². The number of amides is 1. The van der Waals surface area contributed by atoms with Crippen molar-refractivity contribution >= 4 is 11.7 Å². The molecule has 2 fully saturated rings. The van der Waals surface area contributed by atoms with Gasteiger partial charge in [-0.05, 0) is 49.3 Å². The molecule has 0 spiro atoms. The Morgan fingerprint density at radius 2 is 1.85 bits per heavy atom. The van der Waals surface area contributed by atoms with Gasteiger partial charge >= 0.3 is 0 Å². The van der Waals surface area contributed by atoms with E-state index in [1.54, 1.807) is 0 Å². The van der Waals surface area contributed by atoms with Crippen molar-refractivity contribution in [2.75, 3.05) is 33.0 Å². The lowest BCUT2D eigenvalue weighted by molar-refractivity contribution is -0.133. The van der Waals surface area contributed by atoms with Crippen LogP contribution in [0.2, 0.25) is 0 Å². The van der Waals surface area contributed by atoms with E-state index in [0.717, 1.165) is 108 Å². The van der Waals surface area contributed by atoms with Crippen LogP contribution in [-0.4, -0.2) is 65.7 Å². The van der Waals surface area contributed by atoms with Gasteiger partial charge in [0, 0.05) is 51.5 Å². The van der Waals surface area contributed by atoms with Gasteiger partial charge in [-0.1, -0.05) is 63.7 Å². The molecule has 7 heteroatoms. The number of carbonyl (C=O) groups is 2. The zero-order valence-corrected chi connectivity index (χ0v) is 23.8. The maximum atomic E-state index is 12.7. The third-order valence-corrected chi connectivity index (χ3v) is 8.56. The van der Waals surface area contributed by atoms with Crippen LogP contribution in [0, 0.1) is 11.8 Å². The Bertz CT molecular complexity index is 956. The molecule has 1 saturated heterocycles. The number of rotatable bonds is 15. The fourth-order valence-corrected chi connectivity index (χ4v) is 6.12. The Labute approximate surface area is 234 Å². The van der Waals surface area contributed by atoms with Gasteiger partial charge in [0.2, 0.25) is 12.7 Å². The molecule has 1 aliphatic carbocycles. The molecule has 216 valence electrons. The van der Waals surface area contributed by atoms with E-state index >= 15 is 0 Å². The van der Waals surface area contributed by atoms with Crippen LogP contribution in [0.4, 0.5) is 0 Å². The van der Waals surface area contributed by atoms with E-state index in [1.807, 2.05) is 17.0 Å². The largest absolute Gasteiger partial charge is 0.454 e. The summed E-state index contributed by atoms with van der Waals surface area (Å²) in [6, 6.07) is 6.12. The molecule has 7 nitrogen and oxygen atoms in total. The number of nitrogens with zero attached hydrogens (tertiary/aromatic N) is 2. The van der Waals surface area contributed by atoms with E-state index in [1.165, 1.54) is 5.56 Å². The molecule has 0 radical (unpaired) electrons. The summed E-state index contributed by atoms with van der Waals surface area (Å²) in [7, 11) is 0. The van der Waals surface area contributed by atoms with E-state index in [4.69, 9.17) is 9.47 Å². The van der Waals surface area contributed by atoms with Crippen molar-refractivity contribution < 1.29 is 24.2 Å². The lowest BCUT2D eigenvalue weighted by Gasteiger charge is -2.34. The second-order valence-corrected chi connectivity index (χ2v) is 11.5. The van der Waals surface area contributed by atoms with Crippen LogP contribution in [0.25, 0.3) is 0 Å². The van der Waals surface area contributed by atoms with Gasteiger partial charge in [-0.25, -0.2) is 0 Å². The van der Waals surface area contributed by atoms with Crippen molar-refractivity contribution in [2.24, 2.45) is 11.8 Å². The molecule has 4 rings (SSSR count). The predicted molar refractivity (Wildman–Crippen MR) is 153 cm³/mol. The Morgan fingerprint density at radius 1 is 1.05 bits per heavy atom. The summed E-state index contributed by atoms with van der Waals surface area (Å²) in [5.74, 6) is 2.68. The minimum Gasteiger partial charge on any atom is -0.454 e. The highest BCUT2D eigenvalue weighted by Crippen LogP contribution is 2.34. The van der Waals surface area contributed by atoms with Crippen molar-refractivity contribution in [1.82, 2.24) is 9.80 Å². The molecule has 2 aliphatic heterocycles. The van der Waals surface area contributed by atoms with Crippen molar-refractivity contribution in [3.63, 3.8) is 0 Å². The summed E-state index contributed by atoms with van der Waals surface area (Å²) in [5, 5.41) is 10.2. The van der Waals surface area contributed by atoms with Crippen molar-refractivity contribution in [3.8, 4) is 11.5 Å². The normalized spacial score (nSPS) is 22.2. The summed E-state index contributed by atoms with van der Waals surface area (Å²) >= 11 is 0. The number of allylic oxidation sites excluding steroid dienone is 1. The van der Waals surface area contributed by atoms with Crippen LogP contribution in [-0.2, 0) is 16.1 Å². The molecule has 39 heavy (non-hydrogen) atoms. The zero-order chi connectivity index (χ0) is 27.5. The third-order valence-electron chi connectivity index (χ3n) is 8.56. The first kappa shape index (κ1) is 29.6. The van der Waals surface area contributed by atoms with Gasteiger partial charge in [-0.15, -0.1) is 0 Å². The highest BCUT2D eigenvalue weighted by molar-refractivity contribution is 5.83. The maximum Gasteiger partial charge on any atom is 0.231 e. The number of hydrogen-bond donors (Lipinski definition) is 1. The van der Waals surface area contributed by atoms with Gasteiger partial charge in [0.15, 0.2) is 11.5 Å². The highest BCUT2D eigenvalue weighted by atomic mass is 16.7. The van der Waals surface area contributed by atoms with Gasteiger partial charge < -0.3 is 19.5 Å². The molecule has 3 aliphatic rings. The summed E-state index contributed by atoms with van der Waals surface area (Å²) in [5.41, 5.74) is 1.21. The first-order valence-electron chi connectivity index (χ1n) is 15.3. The number of carbonyl (C=O) groups excluding carboxylic acids is 2. The molecule has 3 atom stereocenters. The summed E-state index contributed by atoms with van der Waals surface area (Å²) in [4.78, 5) is 29.6. The predicted octanol–water partition coefficient (Wildman–Crippen LogP) is 5.49. The molecular formula is C32H48N2O5. The second-order valence-electron chi connectivity index (χ2n) is 11.5. The van der Waals surface area contributed by atoms with Crippen molar-refractivity contribution in [1.29, 1.82) is 0 Å². The lowest BCUT2D eigenvalue weighted by atomic mass is 9.89. The Kier molecular flexibility index (Phi) is 11.7. The number of benzene rings is 1. The van der Waals surface area contributed by atoms with E-state index < -0.39 is 0 Å². The SMILES string of the molecule is CCCCC[C@H](O)C=C[C@H]1CCC(=O)[C@@H]1CCCCCCC(=O)N1CCN(Cc2ccc3c(c2)OCO3)CC1. The quantitative estimate of drug-likeness (QED) is 0.234. The monoisotopic (exact) mass is 540 g/mol. The van der Waals surface area contributed by atoms with Crippen molar-refractivity contribution in [2.45, 2.75) is 96.6 Å². The Balaban J connectivity index is 1.06. The number of unbranched alkanes of at least 4 members (excludes halogenated alkanes) is 5. The maximum absolute atomic E-state index is 12.7. The van der Waals surface area contributed by atoms with Crippen LogP contribution in [0.5, 0.6) is 11.5 Å². The minimum atomic E-state index is -0.386. The van der Waals surface area contributed by atoms with Gasteiger partial charge in [0.25, 0.3) is 0 Å². The second kappa shape index (κ2) is 15.4. The van der Waals surface area contributed by atoms with Gasteiger partial charge in [0.05, 0.1) is 6.10 Å². The third kappa shape index (κ3) is 9.07. The molecule has 2 heterocycles. The molecule has 0 unspecified atom stereocenters. The fraction of sp³-hybridized carbons (Fsp3) is 0.688. The van der Waals surface area contributed by atoms with E-state index in [-0.39, 0.29) is 23.8 Å². The minimum absolute atomic E-state index is 0.111. The smallest absolute Gasteiger partial charge is 0.231 e. The van der Waals surface area contributed by atoms with Crippen molar-refractivity contribution in [3.05, 3.63) is 35.9 Å². The van der Waals surface area contributed by atoms with Crippen LogP contribution in [0.15, 0.2) is 30.4 Å². The van der Waals surface area contributed by atoms with Crippen LogP contribution < -0.4 is 9.47 Å². The zero-order valence-electron chi connectivity index (χ0n) is 23.8. The summed E-state index contributed by atoms with van der Waals surface area (Å²) < 4.78 is 10.9. The van der Waals surface area contributed by atoms with Crippen LogP contribution in [0.3, 0.4) is 0 Å². The molecule has 1 saturated carbocycles. The summed E-state index contributed by atoms with van der Waals surface area (Å²) in [6.45, 7) is 6.68. The average Bonchev–Trinajstić information content (AvgIpc) is 3.55. The van der Waals surface area contributed by atoms with Gasteiger partial charge in [0.1, 0.15) is 5.78 Å². The number of ketones is 1. The standard InChI is InChI=1S/C32H48N2O5/c1-2-3-6-9-27(35)15-13-26-14-16-29(36)28(26)10-7-4-5-8-11-32(37)34-20-18-33(19-21-34)23-25-12-17-30-31(22-25)39-24-38-30/h12-13,15,17,22,26-28,35H,2-11,14,16,18-21,23-24H2,1H3/t26-,27-,28+/m0/s1. The number of hydrogen-bond acceptors (Lipinski definition) is 6. The van der Waals surface area contributed by atoms with E-state index in [9.17, 15) is 14.7 Å². The molecule has 1 aromatic rings. The molecular weight excluding hydrogens is 492 g/mol. The lowest BCUT2D eigenvalue weighted by Crippen LogP contribution is -2.48. The number of Topliss-reactive ketones (excluding diaryl/α,β-unsaturated/α-hetero) is 1. The number of fused-ring (bicyclic) bond motifs is 1. The molecule has 0 bridgehead atoms. The summed E-state index contributed by atoms with van der Waals surface area (Å²) in [6.07, 6.45) is 15.0. The average molecular weight is 541 g/mol. The highest BCUT2D eigenvalue weighted by Gasteiger charge is 2.32. The molecule has 0 aromatic heterocycles. The number of ether oxygens (including phenoxy) is 2. The van der Waals surface area contributed by atoms with E-state index in [2.05, 4.69) is 30.0 Å². The number of aliphatic hydroxyl groups excluding tert-OH is 1. The topological polar surface area (TPSA) is 79.3 Å². The van der Waals surface area contributed by atoms with Gasteiger partial charge in [-0.3, -0.25) is 14.5 Å². The molecule has 1 amide bonds. The van der Waals surface area contributed by atoms with Gasteiger partial charge in [-0.2, -0.15) is 0 Å². The Hall–Kier alpha value is -2.38. The Morgan fingerprint density at radius 3 is 2.67 bits per heavy atom. The van der Waals surface area contributed by atoms with Crippen LogP contribution >= 0.6 is 0 Å². The first-order chi connectivity index (χ1) is 19.0. The molecule has 1 N–H and O–H groups in total. The van der Waals surface area contributed by atoms with E-state index in [0.29, 0.717) is 25.4 Å². The molecule has 1 aromatic carbocycles. The first-order valence-corrected chi connectivity index (χ1v) is 15.3.